The van der Waals surface area contributed by atoms with Gasteiger partial charge in [0.15, 0.2) is 0 Å². The average Bonchev–Trinajstić information content (AvgIpc) is 2.68. The molecule has 2 unspecified atom stereocenters. The van der Waals surface area contributed by atoms with Crippen molar-refractivity contribution in [2.45, 2.75) is 131 Å². The van der Waals surface area contributed by atoms with Crippen molar-refractivity contribution >= 4 is 0 Å². The quantitative estimate of drug-likeness (QED) is 0.184. The predicted octanol–water partition coefficient (Wildman–Crippen LogP) is 8.77. The van der Waals surface area contributed by atoms with Crippen LogP contribution in [0.2, 0.25) is 0 Å². The van der Waals surface area contributed by atoms with Crippen LogP contribution in [-0.4, -0.2) is 21.9 Å². The summed E-state index contributed by atoms with van der Waals surface area (Å²) in [6.07, 6.45) is 20.3. The highest BCUT2D eigenvalue weighted by molar-refractivity contribution is 5.06. The van der Waals surface area contributed by atoms with Crippen LogP contribution in [0.1, 0.15) is 120 Å². The van der Waals surface area contributed by atoms with E-state index in [1.807, 2.05) is 0 Å². The number of rotatable bonds is 16. The lowest BCUT2D eigenvalue weighted by atomic mass is 9.89. The lowest BCUT2D eigenvalue weighted by molar-refractivity contribution is -0.0691. The van der Waals surface area contributed by atoms with Crippen molar-refractivity contribution in [1.29, 1.82) is 0 Å². The molecule has 2 atom stereocenters. The lowest BCUT2D eigenvalue weighted by Crippen LogP contribution is -2.39. The van der Waals surface area contributed by atoms with E-state index in [4.69, 9.17) is 0 Å². The molecular formula is C30H52O2. The molecule has 0 aromatic rings. The van der Waals surface area contributed by atoms with Crippen LogP contribution in [0.4, 0.5) is 0 Å². The van der Waals surface area contributed by atoms with Gasteiger partial charge in [0.2, 0.25) is 0 Å². The third kappa shape index (κ3) is 17.2. The van der Waals surface area contributed by atoms with Gasteiger partial charge in [-0.3, -0.25) is 0 Å². The zero-order valence-corrected chi connectivity index (χ0v) is 22.4. The van der Waals surface area contributed by atoms with Crippen LogP contribution in [0, 0.1) is 0 Å². The molecule has 0 spiro atoms. The SMILES string of the molecule is CC(C)=CCC/C(C)=C/CC/C(C)=C/CC/C=C(\C)CCC(O)C(C)(O)CCC=C(C)C. The molecule has 0 aromatic carbocycles. The fourth-order valence-corrected chi connectivity index (χ4v) is 3.60. The number of unbranched alkanes of at least 4 members (excludes halogenated alkanes) is 1. The summed E-state index contributed by atoms with van der Waals surface area (Å²) in [5.41, 5.74) is 5.88. The van der Waals surface area contributed by atoms with Crippen molar-refractivity contribution in [3.63, 3.8) is 0 Å². The maximum Gasteiger partial charge on any atom is 0.0880 e. The molecule has 0 aliphatic rings. The molecule has 0 radical (unpaired) electrons. The molecule has 2 nitrogen and oxygen atoms in total. The average molecular weight is 445 g/mol. The van der Waals surface area contributed by atoms with Crippen molar-refractivity contribution in [2.24, 2.45) is 0 Å². The zero-order valence-electron chi connectivity index (χ0n) is 22.4. The van der Waals surface area contributed by atoms with Gasteiger partial charge in [-0.1, -0.05) is 58.2 Å². The Hall–Kier alpha value is -1.38. The van der Waals surface area contributed by atoms with E-state index in [9.17, 15) is 10.2 Å². The molecule has 0 aliphatic heterocycles. The minimum atomic E-state index is -1.02. The number of aliphatic hydroxyl groups excluding tert-OH is 1. The van der Waals surface area contributed by atoms with Gasteiger partial charge in [-0.15, -0.1) is 0 Å². The van der Waals surface area contributed by atoms with Crippen molar-refractivity contribution < 1.29 is 10.2 Å². The highest BCUT2D eigenvalue weighted by Gasteiger charge is 2.28. The molecule has 32 heavy (non-hydrogen) atoms. The van der Waals surface area contributed by atoms with E-state index >= 15 is 0 Å². The highest BCUT2D eigenvalue weighted by Crippen LogP contribution is 2.23. The van der Waals surface area contributed by atoms with Crippen LogP contribution < -0.4 is 0 Å². The Morgan fingerprint density at radius 3 is 1.53 bits per heavy atom. The third-order valence-corrected chi connectivity index (χ3v) is 6.01. The van der Waals surface area contributed by atoms with Crippen LogP contribution >= 0.6 is 0 Å². The monoisotopic (exact) mass is 444 g/mol. The summed E-state index contributed by atoms with van der Waals surface area (Å²) in [5, 5.41) is 21.0. The first-order valence-electron chi connectivity index (χ1n) is 12.6. The first kappa shape index (κ1) is 30.6. The van der Waals surface area contributed by atoms with Gasteiger partial charge in [0.1, 0.15) is 0 Å². The molecule has 0 saturated heterocycles. The molecule has 0 fully saturated rings. The van der Waals surface area contributed by atoms with Gasteiger partial charge in [-0.05, 0) is 120 Å². The topological polar surface area (TPSA) is 40.5 Å². The molecule has 2 heteroatoms. The van der Waals surface area contributed by atoms with Gasteiger partial charge in [-0.2, -0.15) is 0 Å². The van der Waals surface area contributed by atoms with Crippen LogP contribution in [0.25, 0.3) is 0 Å². The van der Waals surface area contributed by atoms with Crippen molar-refractivity contribution in [1.82, 2.24) is 0 Å². The van der Waals surface area contributed by atoms with Gasteiger partial charge >= 0.3 is 0 Å². The Bertz CT molecular complexity index is 663. The minimum absolute atomic E-state index is 0.594. The van der Waals surface area contributed by atoms with Crippen LogP contribution in [0.3, 0.4) is 0 Å². The number of aliphatic hydroxyl groups is 2. The molecule has 0 aliphatic carbocycles. The van der Waals surface area contributed by atoms with Crippen molar-refractivity contribution in [2.75, 3.05) is 0 Å². The van der Waals surface area contributed by atoms with Crippen LogP contribution in [-0.2, 0) is 0 Å². The van der Waals surface area contributed by atoms with Gasteiger partial charge in [0, 0.05) is 0 Å². The second-order valence-corrected chi connectivity index (χ2v) is 10.3. The van der Waals surface area contributed by atoms with Crippen LogP contribution in [0.5, 0.6) is 0 Å². The van der Waals surface area contributed by atoms with E-state index in [0.717, 1.165) is 51.4 Å². The summed E-state index contributed by atoms with van der Waals surface area (Å²) in [4.78, 5) is 0. The molecule has 0 saturated carbocycles. The highest BCUT2D eigenvalue weighted by atomic mass is 16.3. The Balaban J connectivity index is 4.22. The molecular weight excluding hydrogens is 392 g/mol. The number of allylic oxidation sites excluding steroid dienone is 10. The summed E-state index contributed by atoms with van der Waals surface area (Å²) in [7, 11) is 0. The summed E-state index contributed by atoms with van der Waals surface area (Å²) in [6, 6.07) is 0. The standard InChI is InChI=1S/C30H52O2/c1-24(2)14-11-18-27(6)20-12-19-26(5)16-9-10-17-28(7)21-22-29(31)30(8,32)23-13-15-25(3)4/h14-17,20,29,31-32H,9-13,18-19,21-23H2,1-8H3/b26-16+,27-20+,28-17+. The Morgan fingerprint density at radius 1 is 0.625 bits per heavy atom. The first-order valence-corrected chi connectivity index (χ1v) is 12.6. The van der Waals surface area contributed by atoms with Gasteiger partial charge in [0.05, 0.1) is 11.7 Å². The Labute approximate surface area is 199 Å². The smallest absolute Gasteiger partial charge is 0.0880 e. The van der Waals surface area contributed by atoms with Gasteiger partial charge in [-0.25, -0.2) is 0 Å². The first-order chi connectivity index (χ1) is 14.9. The molecule has 0 bridgehead atoms. The summed E-state index contributed by atoms with van der Waals surface area (Å²) in [5.74, 6) is 0. The number of hydrogen-bond donors (Lipinski definition) is 2. The maximum absolute atomic E-state index is 10.5. The van der Waals surface area contributed by atoms with Crippen molar-refractivity contribution in [3.05, 3.63) is 58.2 Å². The van der Waals surface area contributed by atoms with E-state index in [2.05, 4.69) is 78.8 Å². The molecule has 0 amide bonds. The van der Waals surface area contributed by atoms with Crippen LogP contribution in [0.15, 0.2) is 58.2 Å². The van der Waals surface area contributed by atoms with E-state index in [-0.39, 0.29) is 0 Å². The fraction of sp³-hybridized carbons (Fsp3) is 0.667. The van der Waals surface area contributed by atoms with E-state index in [1.165, 1.54) is 27.9 Å². The maximum atomic E-state index is 10.5. The fourth-order valence-electron chi connectivity index (χ4n) is 3.60. The second kappa shape index (κ2) is 17.1. The van der Waals surface area contributed by atoms with Gasteiger partial charge < -0.3 is 10.2 Å². The number of hydrogen-bond acceptors (Lipinski definition) is 2. The Kier molecular flexibility index (Phi) is 16.4. The summed E-state index contributed by atoms with van der Waals surface area (Å²) in [6.45, 7) is 16.8. The largest absolute Gasteiger partial charge is 0.390 e. The van der Waals surface area contributed by atoms with Gasteiger partial charge in [0.25, 0.3) is 0 Å². The Morgan fingerprint density at radius 2 is 1.03 bits per heavy atom. The van der Waals surface area contributed by atoms with E-state index in [1.54, 1.807) is 6.92 Å². The molecule has 184 valence electrons. The lowest BCUT2D eigenvalue weighted by Gasteiger charge is -2.29. The summed E-state index contributed by atoms with van der Waals surface area (Å²) < 4.78 is 0. The van der Waals surface area contributed by atoms with Crippen molar-refractivity contribution in [3.8, 4) is 0 Å². The minimum Gasteiger partial charge on any atom is -0.390 e. The molecule has 0 heterocycles. The van der Waals surface area contributed by atoms with E-state index < -0.39 is 11.7 Å². The zero-order chi connectivity index (χ0) is 24.6. The normalized spacial score (nSPS) is 15.9. The third-order valence-electron chi connectivity index (χ3n) is 6.01. The summed E-state index contributed by atoms with van der Waals surface area (Å²) >= 11 is 0. The molecule has 0 rings (SSSR count). The molecule has 0 aromatic heterocycles. The second-order valence-electron chi connectivity index (χ2n) is 10.3. The van der Waals surface area contributed by atoms with E-state index in [0.29, 0.717) is 12.8 Å². The molecule has 2 N–H and O–H groups in total. The predicted molar refractivity (Wildman–Crippen MR) is 143 cm³/mol.